The summed E-state index contributed by atoms with van der Waals surface area (Å²) in [5, 5.41) is 10.4. The number of amides is 1. The topological polar surface area (TPSA) is 114 Å². The van der Waals surface area contributed by atoms with Crippen LogP contribution in [0.1, 0.15) is 15.9 Å². The quantitative estimate of drug-likeness (QED) is 0.526. The Labute approximate surface area is 194 Å². The molecule has 1 amide bonds. The third kappa shape index (κ3) is 4.69. The number of fused-ring (bicyclic) bond motifs is 1. The van der Waals surface area contributed by atoms with Gasteiger partial charge in [-0.1, -0.05) is 35.6 Å². The van der Waals surface area contributed by atoms with Crippen LogP contribution in [0.25, 0.3) is 0 Å². The third-order valence-electron chi connectivity index (χ3n) is 5.40. The van der Waals surface area contributed by atoms with Gasteiger partial charge in [-0.3, -0.25) is 15.0 Å². The van der Waals surface area contributed by atoms with Crippen LogP contribution >= 0.6 is 11.3 Å². The lowest BCUT2D eigenvalue weighted by molar-refractivity contribution is 0.102. The first-order valence-electron chi connectivity index (χ1n) is 10.3. The molecule has 1 fully saturated rings. The zero-order chi connectivity index (χ0) is 22.8. The van der Waals surface area contributed by atoms with E-state index in [9.17, 15) is 13.2 Å². The maximum absolute atomic E-state index is 13.0. The Bertz CT molecular complexity index is 1260. The minimum Gasteiger partial charge on any atom is -0.454 e. The third-order valence-corrected chi connectivity index (χ3v) is 8.48. The fraction of sp³-hybridized carbons (Fsp3) is 0.286. The molecule has 3 heterocycles. The van der Waals surface area contributed by atoms with E-state index in [0.29, 0.717) is 38.3 Å². The van der Waals surface area contributed by atoms with Crippen LogP contribution in [0.3, 0.4) is 0 Å². The molecule has 0 spiro atoms. The maximum Gasteiger partial charge on any atom is 0.272 e. The summed E-state index contributed by atoms with van der Waals surface area (Å²) in [4.78, 5) is 14.5. The van der Waals surface area contributed by atoms with E-state index in [-0.39, 0.29) is 22.2 Å². The van der Waals surface area contributed by atoms with E-state index in [1.807, 2.05) is 18.2 Å². The summed E-state index contributed by atoms with van der Waals surface area (Å²) >= 11 is 0.848. The van der Waals surface area contributed by atoms with Crippen molar-refractivity contribution in [3.8, 4) is 11.5 Å². The van der Waals surface area contributed by atoms with Crippen molar-refractivity contribution >= 4 is 32.4 Å². The number of carbonyl (C=O) groups excluding carboxylic acids is 1. The molecule has 1 saturated heterocycles. The van der Waals surface area contributed by atoms with Gasteiger partial charge in [0.2, 0.25) is 16.3 Å². The second kappa shape index (κ2) is 9.06. The summed E-state index contributed by atoms with van der Waals surface area (Å²) in [5.41, 5.74) is 1.54. The van der Waals surface area contributed by atoms with Crippen molar-refractivity contribution in [3.63, 3.8) is 0 Å². The van der Waals surface area contributed by atoms with Crippen molar-refractivity contribution in [3.05, 3.63) is 59.7 Å². The highest BCUT2D eigenvalue weighted by molar-refractivity contribution is 7.91. The van der Waals surface area contributed by atoms with Gasteiger partial charge in [-0.2, -0.15) is 4.31 Å². The average Bonchev–Trinajstić information content (AvgIpc) is 3.50. The van der Waals surface area contributed by atoms with Crippen molar-refractivity contribution < 1.29 is 22.7 Å². The summed E-state index contributed by atoms with van der Waals surface area (Å²) in [6.45, 7) is 2.79. The lowest BCUT2D eigenvalue weighted by Gasteiger charge is -2.33. The lowest BCUT2D eigenvalue weighted by atomic mass is 10.2. The van der Waals surface area contributed by atoms with Gasteiger partial charge in [0, 0.05) is 38.3 Å². The molecule has 0 saturated carbocycles. The van der Waals surface area contributed by atoms with Gasteiger partial charge < -0.3 is 9.47 Å². The smallest absolute Gasteiger partial charge is 0.272 e. The Morgan fingerprint density at radius 3 is 2.55 bits per heavy atom. The van der Waals surface area contributed by atoms with E-state index in [0.717, 1.165) is 28.4 Å². The molecular weight excluding hydrogens is 466 g/mol. The highest BCUT2D eigenvalue weighted by atomic mass is 32.2. The van der Waals surface area contributed by atoms with Crippen molar-refractivity contribution in [2.24, 2.45) is 0 Å². The second-order valence-electron chi connectivity index (χ2n) is 7.56. The Balaban J connectivity index is 1.19. The molecule has 0 radical (unpaired) electrons. The molecule has 1 N–H and O–H groups in total. The zero-order valence-corrected chi connectivity index (χ0v) is 19.1. The van der Waals surface area contributed by atoms with Crippen LogP contribution in [-0.4, -0.2) is 66.7 Å². The first kappa shape index (κ1) is 21.8. The standard InChI is InChI=1S/C21H21N5O5S2/c27-19(16-4-2-1-3-5-16)22-20-23-24-21(32-20)33(28,29)26-10-8-25(9-11-26)13-15-6-7-17-18(12-15)31-14-30-17/h1-7,12H,8-11,13-14H2,(H,22,23,27). The number of nitrogens with one attached hydrogen (secondary N) is 1. The normalized spacial score (nSPS) is 16.6. The van der Waals surface area contributed by atoms with Crippen LogP contribution in [0, 0.1) is 0 Å². The Kier molecular flexibility index (Phi) is 5.98. The van der Waals surface area contributed by atoms with Crippen molar-refractivity contribution in [2.75, 3.05) is 38.3 Å². The average molecular weight is 488 g/mol. The van der Waals surface area contributed by atoms with Gasteiger partial charge in [0.25, 0.3) is 15.9 Å². The Morgan fingerprint density at radius 2 is 1.76 bits per heavy atom. The molecule has 3 aromatic rings. The van der Waals surface area contributed by atoms with E-state index < -0.39 is 10.0 Å². The molecule has 33 heavy (non-hydrogen) atoms. The molecule has 0 bridgehead atoms. The van der Waals surface area contributed by atoms with Gasteiger partial charge in [-0.05, 0) is 29.8 Å². The van der Waals surface area contributed by atoms with E-state index in [2.05, 4.69) is 20.4 Å². The number of nitrogens with zero attached hydrogens (tertiary/aromatic N) is 4. The number of hydrogen-bond donors (Lipinski definition) is 1. The molecule has 12 heteroatoms. The fourth-order valence-electron chi connectivity index (χ4n) is 3.66. The number of benzene rings is 2. The van der Waals surface area contributed by atoms with Gasteiger partial charge in [-0.15, -0.1) is 10.2 Å². The van der Waals surface area contributed by atoms with Crippen LogP contribution in [0.2, 0.25) is 0 Å². The summed E-state index contributed by atoms with van der Waals surface area (Å²) in [7, 11) is -3.78. The largest absolute Gasteiger partial charge is 0.454 e. The number of aromatic nitrogens is 2. The minimum absolute atomic E-state index is 0.130. The van der Waals surface area contributed by atoms with Crippen LogP contribution in [0.5, 0.6) is 11.5 Å². The van der Waals surface area contributed by atoms with Gasteiger partial charge in [0.05, 0.1) is 0 Å². The molecule has 172 valence electrons. The molecule has 2 aliphatic heterocycles. The highest BCUT2D eigenvalue weighted by Crippen LogP contribution is 2.33. The molecule has 0 aliphatic carbocycles. The van der Waals surface area contributed by atoms with Crippen LogP contribution < -0.4 is 14.8 Å². The summed E-state index contributed by atoms with van der Waals surface area (Å²) in [6.07, 6.45) is 0. The van der Waals surface area contributed by atoms with Crippen LogP contribution in [-0.2, 0) is 16.6 Å². The lowest BCUT2D eigenvalue weighted by Crippen LogP contribution is -2.48. The van der Waals surface area contributed by atoms with Gasteiger partial charge in [0.15, 0.2) is 11.5 Å². The molecular formula is C21H21N5O5S2. The SMILES string of the molecule is O=C(Nc1nnc(S(=O)(=O)N2CCN(Cc3ccc4c(c3)OCO4)CC2)s1)c1ccccc1. The van der Waals surface area contributed by atoms with E-state index in [1.54, 1.807) is 30.3 Å². The number of ether oxygens (including phenoxy) is 2. The van der Waals surface area contributed by atoms with E-state index >= 15 is 0 Å². The number of rotatable bonds is 6. The number of anilines is 1. The molecule has 0 unspecified atom stereocenters. The van der Waals surface area contributed by atoms with Crippen LogP contribution in [0.15, 0.2) is 52.9 Å². The monoisotopic (exact) mass is 487 g/mol. The van der Waals surface area contributed by atoms with E-state index in [4.69, 9.17) is 9.47 Å². The summed E-state index contributed by atoms with van der Waals surface area (Å²) < 4.78 is 38.1. The first-order chi connectivity index (χ1) is 16.0. The van der Waals surface area contributed by atoms with Crippen molar-refractivity contribution in [2.45, 2.75) is 10.9 Å². The summed E-state index contributed by atoms with van der Waals surface area (Å²) in [6, 6.07) is 14.5. The molecule has 0 atom stereocenters. The van der Waals surface area contributed by atoms with E-state index in [1.165, 1.54) is 4.31 Å². The highest BCUT2D eigenvalue weighted by Gasteiger charge is 2.32. The number of sulfonamides is 1. The first-order valence-corrected chi connectivity index (χ1v) is 12.6. The van der Waals surface area contributed by atoms with Crippen molar-refractivity contribution in [1.29, 1.82) is 0 Å². The predicted octanol–water partition coefficient (Wildman–Crippen LogP) is 2.03. The fourth-order valence-corrected chi connectivity index (χ4v) is 6.11. The number of hydrogen-bond acceptors (Lipinski definition) is 9. The second-order valence-corrected chi connectivity index (χ2v) is 10.7. The maximum atomic E-state index is 13.0. The molecule has 2 aromatic carbocycles. The summed E-state index contributed by atoms with van der Waals surface area (Å²) in [5.74, 6) is 1.11. The van der Waals surface area contributed by atoms with Crippen LogP contribution in [0.4, 0.5) is 5.13 Å². The molecule has 1 aromatic heterocycles. The van der Waals surface area contributed by atoms with Gasteiger partial charge in [-0.25, -0.2) is 8.42 Å². The van der Waals surface area contributed by atoms with Gasteiger partial charge >= 0.3 is 0 Å². The van der Waals surface area contributed by atoms with Crippen molar-refractivity contribution in [1.82, 2.24) is 19.4 Å². The predicted molar refractivity (Wildman–Crippen MR) is 121 cm³/mol. The van der Waals surface area contributed by atoms with Gasteiger partial charge in [0.1, 0.15) is 0 Å². The number of carbonyl (C=O) groups is 1. The Morgan fingerprint density at radius 1 is 1.00 bits per heavy atom. The Hall–Kier alpha value is -3.06. The molecule has 10 nitrogen and oxygen atoms in total. The molecule has 5 rings (SSSR count). The minimum atomic E-state index is -3.78. The number of piperazine rings is 1. The zero-order valence-electron chi connectivity index (χ0n) is 17.5. The molecule has 2 aliphatic rings.